The lowest BCUT2D eigenvalue weighted by Crippen LogP contribution is -2.30. The van der Waals surface area contributed by atoms with Gasteiger partial charge in [-0.3, -0.25) is 4.79 Å². The topological polar surface area (TPSA) is 115 Å². The van der Waals surface area contributed by atoms with Crippen LogP contribution in [0.4, 0.5) is 19.5 Å². The number of aromatic nitrogens is 3. The molecule has 0 aliphatic carbocycles. The number of ether oxygens (including phenoxy) is 1. The van der Waals surface area contributed by atoms with Crippen LogP contribution in [0.2, 0.25) is 0 Å². The van der Waals surface area contributed by atoms with Crippen LogP contribution < -0.4 is 21.1 Å². The number of carbonyl (C=O) groups is 1. The maximum absolute atomic E-state index is 14.1. The normalized spacial score (nSPS) is 13.1. The zero-order valence-electron chi connectivity index (χ0n) is 20.4. The van der Waals surface area contributed by atoms with E-state index in [2.05, 4.69) is 25.6 Å². The fourth-order valence-corrected chi connectivity index (χ4v) is 4.13. The summed E-state index contributed by atoms with van der Waals surface area (Å²) in [5.41, 5.74) is 5.70. The average molecular weight is 507 g/mol. The SMILES string of the molecule is CC.CC.Nc1sc(-c2c(F)cccc2F)nc1C(=O)Nc1cncnc1OCC1CCNCC1. The Labute approximate surface area is 208 Å². The number of nitrogens with two attached hydrogens (primary N) is 1. The molecule has 0 radical (unpaired) electrons. The molecule has 0 spiro atoms. The highest BCUT2D eigenvalue weighted by atomic mass is 32.1. The Morgan fingerprint density at radius 3 is 2.51 bits per heavy atom. The van der Waals surface area contributed by atoms with Gasteiger partial charge in [-0.1, -0.05) is 45.1 Å². The molecule has 190 valence electrons. The number of amides is 1. The van der Waals surface area contributed by atoms with Crippen LogP contribution in [0, 0.1) is 17.6 Å². The molecular weight excluding hydrogens is 474 g/mol. The molecule has 3 aromatic rings. The molecule has 0 unspecified atom stereocenters. The number of benzene rings is 1. The van der Waals surface area contributed by atoms with E-state index in [9.17, 15) is 13.6 Å². The summed E-state index contributed by atoms with van der Waals surface area (Å²) >= 11 is 0.825. The fraction of sp³-hybridized carbons (Fsp3) is 0.417. The van der Waals surface area contributed by atoms with Crippen molar-refractivity contribution in [3.05, 3.63) is 48.1 Å². The van der Waals surface area contributed by atoms with E-state index in [-0.39, 0.29) is 32.8 Å². The molecule has 1 aliphatic heterocycles. The molecule has 0 saturated carbocycles. The first-order chi connectivity index (χ1) is 17.0. The van der Waals surface area contributed by atoms with Gasteiger partial charge in [0.2, 0.25) is 5.88 Å². The van der Waals surface area contributed by atoms with Gasteiger partial charge >= 0.3 is 0 Å². The van der Waals surface area contributed by atoms with Crippen molar-refractivity contribution in [1.82, 2.24) is 20.3 Å². The number of nitrogen functional groups attached to an aromatic ring is 1. The Morgan fingerprint density at radius 2 is 1.86 bits per heavy atom. The van der Waals surface area contributed by atoms with Crippen LogP contribution in [0.25, 0.3) is 10.6 Å². The Kier molecular flexibility index (Phi) is 11.4. The summed E-state index contributed by atoms with van der Waals surface area (Å²) < 4.78 is 33.9. The van der Waals surface area contributed by atoms with Gasteiger partial charge in [0.25, 0.3) is 5.91 Å². The third-order valence-electron chi connectivity index (χ3n) is 4.88. The molecule has 4 rings (SSSR count). The average Bonchev–Trinajstić information content (AvgIpc) is 3.27. The Hall–Kier alpha value is -3.18. The summed E-state index contributed by atoms with van der Waals surface area (Å²) in [7, 11) is 0. The smallest absolute Gasteiger partial charge is 0.277 e. The zero-order valence-corrected chi connectivity index (χ0v) is 21.2. The minimum atomic E-state index is -0.786. The number of halogens is 2. The minimum Gasteiger partial charge on any atom is -0.476 e. The second-order valence-electron chi connectivity index (χ2n) is 7.03. The molecule has 1 fully saturated rings. The van der Waals surface area contributed by atoms with Crippen LogP contribution in [0.15, 0.2) is 30.7 Å². The van der Waals surface area contributed by atoms with E-state index >= 15 is 0 Å². The molecule has 1 saturated heterocycles. The second-order valence-corrected chi connectivity index (χ2v) is 8.06. The molecule has 4 N–H and O–H groups in total. The van der Waals surface area contributed by atoms with Crippen LogP contribution in [-0.4, -0.2) is 40.6 Å². The largest absolute Gasteiger partial charge is 0.476 e. The fourth-order valence-electron chi connectivity index (χ4n) is 3.25. The summed E-state index contributed by atoms with van der Waals surface area (Å²) in [4.78, 5) is 24.8. The molecule has 1 aromatic carbocycles. The molecule has 0 atom stereocenters. The lowest BCUT2D eigenvalue weighted by Gasteiger charge is -2.22. The molecule has 1 amide bonds. The van der Waals surface area contributed by atoms with Crippen LogP contribution in [0.3, 0.4) is 0 Å². The van der Waals surface area contributed by atoms with E-state index in [1.807, 2.05) is 27.7 Å². The molecule has 11 heteroatoms. The number of hydrogen-bond donors (Lipinski definition) is 3. The molecule has 2 aromatic heterocycles. The number of thiazole rings is 1. The summed E-state index contributed by atoms with van der Waals surface area (Å²) in [6, 6.07) is 3.48. The first-order valence-electron chi connectivity index (χ1n) is 11.7. The summed E-state index contributed by atoms with van der Waals surface area (Å²) in [6.45, 7) is 10.3. The first-order valence-corrected chi connectivity index (χ1v) is 12.5. The number of carbonyl (C=O) groups excluding carboxylic acids is 1. The number of nitrogens with zero attached hydrogens (tertiary/aromatic N) is 3. The number of hydrogen-bond acceptors (Lipinski definition) is 8. The van der Waals surface area contributed by atoms with E-state index in [4.69, 9.17) is 10.5 Å². The van der Waals surface area contributed by atoms with Crippen molar-refractivity contribution in [2.75, 3.05) is 30.7 Å². The lowest BCUT2D eigenvalue weighted by molar-refractivity contribution is 0.102. The third kappa shape index (κ3) is 7.40. The highest BCUT2D eigenvalue weighted by Gasteiger charge is 2.23. The quantitative estimate of drug-likeness (QED) is 0.424. The zero-order chi connectivity index (χ0) is 25.8. The van der Waals surface area contributed by atoms with Gasteiger partial charge in [-0.15, -0.1) is 0 Å². The second kappa shape index (κ2) is 14.3. The van der Waals surface area contributed by atoms with Crippen LogP contribution in [-0.2, 0) is 0 Å². The summed E-state index contributed by atoms with van der Waals surface area (Å²) in [5, 5.41) is 5.92. The van der Waals surface area contributed by atoms with Crippen LogP contribution in [0.5, 0.6) is 5.88 Å². The van der Waals surface area contributed by atoms with Crippen molar-refractivity contribution < 1.29 is 18.3 Å². The van der Waals surface area contributed by atoms with Gasteiger partial charge in [0.1, 0.15) is 33.7 Å². The van der Waals surface area contributed by atoms with Gasteiger partial charge in [-0.2, -0.15) is 4.98 Å². The number of rotatable bonds is 6. The van der Waals surface area contributed by atoms with Gasteiger partial charge in [-0.05, 0) is 44.0 Å². The van der Waals surface area contributed by atoms with Crippen molar-refractivity contribution >= 4 is 27.9 Å². The molecule has 0 bridgehead atoms. The maximum atomic E-state index is 14.1. The maximum Gasteiger partial charge on any atom is 0.277 e. The number of anilines is 2. The van der Waals surface area contributed by atoms with E-state index in [1.54, 1.807) is 0 Å². The summed E-state index contributed by atoms with van der Waals surface area (Å²) in [5.74, 6) is -1.60. The number of nitrogens with one attached hydrogen (secondary N) is 2. The predicted octanol–water partition coefficient (Wildman–Crippen LogP) is 5.14. The van der Waals surface area contributed by atoms with Crippen LogP contribution >= 0.6 is 11.3 Å². The van der Waals surface area contributed by atoms with Gasteiger partial charge in [0.15, 0.2) is 5.69 Å². The highest BCUT2D eigenvalue weighted by Crippen LogP contribution is 2.34. The standard InChI is InChI=1S/C20H20F2N6O2S.2C2H6/c21-12-2-1-3-13(22)15(12)20-28-16(17(23)31-20)18(29)27-14-8-25-10-26-19(14)30-9-11-4-6-24-7-5-11;2*1-2/h1-3,8,10-11,24H,4-7,9,23H2,(H,27,29);2*1-2H3. The minimum absolute atomic E-state index is 0.0232. The molecule has 35 heavy (non-hydrogen) atoms. The van der Waals surface area contributed by atoms with Crippen molar-refractivity contribution in [2.24, 2.45) is 5.92 Å². The van der Waals surface area contributed by atoms with Crippen LogP contribution in [0.1, 0.15) is 51.0 Å². The Bertz CT molecular complexity index is 1070. The van der Waals surface area contributed by atoms with E-state index in [1.165, 1.54) is 18.6 Å². The monoisotopic (exact) mass is 506 g/mol. The third-order valence-corrected chi connectivity index (χ3v) is 5.79. The first kappa shape index (κ1) is 28.1. The molecule has 3 heterocycles. The van der Waals surface area contributed by atoms with Crippen molar-refractivity contribution in [3.63, 3.8) is 0 Å². The summed E-state index contributed by atoms with van der Waals surface area (Å²) in [6.07, 6.45) is 4.72. The molecular formula is C24H32F2N6O2S. The van der Waals surface area contributed by atoms with Crippen molar-refractivity contribution in [3.8, 4) is 16.5 Å². The Balaban J connectivity index is 0.00000103. The molecule has 1 aliphatic rings. The van der Waals surface area contributed by atoms with E-state index < -0.39 is 17.5 Å². The van der Waals surface area contributed by atoms with Gasteiger partial charge in [-0.25, -0.2) is 18.7 Å². The Morgan fingerprint density at radius 1 is 1.20 bits per heavy atom. The predicted molar refractivity (Wildman–Crippen MR) is 136 cm³/mol. The molecule has 8 nitrogen and oxygen atoms in total. The van der Waals surface area contributed by atoms with Gasteiger partial charge in [0, 0.05) is 0 Å². The van der Waals surface area contributed by atoms with E-state index in [0.29, 0.717) is 12.5 Å². The van der Waals surface area contributed by atoms with Crippen molar-refractivity contribution in [1.29, 1.82) is 0 Å². The van der Waals surface area contributed by atoms with Crippen molar-refractivity contribution in [2.45, 2.75) is 40.5 Å². The van der Waals surface area contributed by atoms with E-state index in [0.717, 1.165) is 49.4 Å². The van der Waals surface area contributed by atoms with Gasteiger partial charge < -0.3 is 21.1 Å². The lowest BCUT2D eigenvalue weighted by atomic mass is 9.99. The highest BCUT2D eigenvalue weighted by molar-refractivity contribution is 7.19. The number of piperidine rings is 1. The van der Waals surface area contributed by atoms with Gasteiger partial charge in [0.05, 0.1) is 18.4 Å².